The lowest BCUT2D eigenvalue weighted by molar-refractivity contribution is -0.148. The number of nitrogens with one attached hydrogen (secondary N) is 2. The Labute approximate surface area is 176 Å². The molecular formula is C21H32N4O3S. The van der Waals surface area contributed by atoms with Gasteiger partial charge in [0, 0.05) is 49.5 Å². The van der Waals surface area contributed by atoms with Crippen molar-refractivity contribution in [2.24, 2.45) is 11.8 Å². The Kier molecular flexibility index (Phi) is 5.39. The minimum absolute atomic E-state index is 0.0330. The van der Waals surface area contributed by atoms with Gasteiger partial charge in [-0.15, -0.1) is 0 Å². The van der Waals surface area contributed by atoms with Crippen molar-refractivity contribution in [1.29, 1.82) is 0 Å². The summed E-state index contributed by atoms with van der Waals surface area (Å²) >= 11 is 1.94. The fourth-order valence-electron chi connectivity index (χ4n) is 6.24. The van der Waals surface area contributed by atoms with Crippen molar-refractivity contribution in [3.63, 3.8) is 0 Å². The number of unbranched alkanes of at least 4 members (excludes halogenated alkanes) is 1. The molecule has 5 rings (SSSR count). The van der Waals surface area contributed by atoms with E-state index in [-0.39, 0.29) is 18.1 Å². The highest BCUT2D eigenvalue weighted by Crippen LogP contribution is 2.38. The second-order valence-electron chi connectivity index (χ2n) is 9.53. The summed E-state index contributed by atoms with van der Waals surface area (Å²) < 4.78 is 0. The molecule has 6 atom stereocenters. The van der Waals surface area contributed by atoms with Gasteiger partial charge in [0.1, 0.15) is 0 Å². The normalized spacial score (nSPS) is 38.3. The van der Waals surface area contributed by atoms with E-state index in [0.717, 1.165) is 57.5 Å². The van der Waals surface area contributed by atoms with Gasteiger partial charge in [0.2, 0.25) is 11.8 Å². The van der Waals surface area contributed by atoms with Crippen LogP contribution in [0.15, 0.2) is 0 Å². The SMILES string of the molecule is O=C1N[C@H]2CSC(CCCCC(=O)N3CC4CC(C3)C3CCCC(=O)N3C4)[C@H]2N1. The standard InChI is InChI=1S/C21H32N4O3S/c26-18(6-2-1-5-17-20-15(12-29-17)22-21(28)23-20)24-9-13-8-14(11-24)16-4-3-7-19(27)25(16)10-13/h13-17,20H,1-12H2,(H2,22,23,28)/t13?,14?,15-,16?,17?,20-/m0/s1. The van der Waals surface area contributed by atoms with Crippen LogP contribution in [0.2, 0.25) is 0 Å². The number of urea groups is 1. The fourth-order valence-corrected chi connectivity index (χ4v) is 7.78. The summed E-state index contributed by atoms with van der Waals surface area (Å²) in [6.45, 7) is 2.51. The van der Waals surface area contributed by atoms with Crippen LogP contribution >= 0.6 is 11.8 Å². The first-order chi connectivity index (χ1) is 14.1. The van der Waals surface area contributed by atoms with E-state index >= 15 is 0 Å². The van der Waals surface area contributed by atoms with E-state index < -0.39 is 0 Å². The third-order valence-electron chi connectivity index (χ3n) is 7.60. The van der Waals surface area contributed by atoms with Crippen LogP contribution in [0.3, 0.4) is 0 Å². The number of amides is 4. The van der Waals surface area contributed by atoms with Gasteiger partial charge < -0.3 is 20.4 Å². The van der Waals surface area contributed by atoms with Gasteiger partial charge in [-0.2, -0.15) is 11.8 Å². The molecule has 0 radical (unpaired) electrons. The Balaban J connectivity index is 1.07. The van der Waals surface area contributed by atoms with Crippen molar-refractivity contribution in [3.8, 4) is 0 Å². The van der Waals surface area contributed by atoms with Crippen LogP contribution in [0.4, 0.5) is 4.79 Å². The molecule has 5 aliphatic rings. The van der Waals surface area contributed by atoms with Gasteiger partial charge in [0.25, 0.3) is 0 Å². The van der Waals surface area contributed by atoms with E-state index in [0.29, 0.717) is 47.8 Å². The predicted octanol–water partition coefficient (Wildman–Crippen LogP) is 1.57. The van der Waals surface area contributed by atoms with E-state index in [1.54, 1.807) is 0 Å². The lowest BCUT2D eigenvalue weighted by atomic mass is 9.76. The Hall–Kier alpha value is -1.44. The molecule has 4 unspecified atom stereocenters. The highest BCUT2D eigenvalue weighted by Gasteiger charge is 2.45. The molecule has 5 aliphatic heterocycles. The molecule has 5 heterocycles. The van der Waals surface area contributed by atoms with Crippen LogP contribution in [-0.2, 0) is 9.59 Å². The molecule has 29 heavy (non-hydrogen) atoms. The van der Waals surface area contributed by atoms with E-state index in [1.165, 1.54) is 6.42 Å². The van der Waals surface area contributed by atoms with Crippen LogP contribution in [-0.4, -0.2) is 76.4 Å². The summed E-state index contributed by atoms with van der Waals surface area (Å²) in [5.74, 6) is 2.55. The molecule has 0 aromatic heterocycles. The Morgan fingerprint density at radius 3 is 2.93 bits per heavy atom. The predicted molar refractivity (Wildman–Crippen MR) is 111 cm³/mol. The number of likely N-dealkylation sites (tertiary alicyclic amines) is 1. The number of hydrogen-bond donors (Lipinski definition) is 2. The molecule has 0 saturated carbocycles. The maximum Gasteiger partial charge on any atom is 0.315 e. The number of carbonyl (C=O) groups is 3. The van der Waals surface area contributed by atoms with Crippen LogP contribution in [0, 0.1) is 11.8 Å². The van der Waals surface area contributed by atoms with E-state index in [9.17, 15) is 14.4 Å². The average molecular weight is 421 g/mol. The lowest BCUT2D eigenvalue weighted by Gasteiger charge is -2.52. The first-order valence-corrected chi connectivity index (χ1v) is 12.4. The first-order valence-electron chi connectivity index (χ1n) is 11.3. The lowest BCUT2D eigenvalue weighted by Crippen LogP contribution is -2.61. The molecule has 0 aromatic rings. The van der Waals surface area contributed by atoms with Gasteiger partial charge in [0.05, 0.1) is 12.1 Å². The van der Waals surface area contributed by atoms with E-state index in [1.807, 2.05) is 11.8 Å². The number of hydrogen-bond acceptors (Lipinski definition) is 4. The average Bonchev–Trinajstić information content (AvgIpc) is 3.25. The number of carbonyl (C=O) groups excluding carboxylic acids is 3. The number of nitrogens with zero attached hydrogens (tertiary/aromatic N) is 2. The van der Waals surface area contributed by atoms with Gasteiger partial charge in [-0.05, 0) is 43.9 Å². The Morgan fingerprint density at radius 1 is 1.14 bits per heavy atom. The topological polar surface area (TPSA) is 81.8 Å². The Morgan fingerprint density at radius 2 is 2.03 bits per heavy atom. The monoisotopic (exact) mass is 420 g/mol. The fraction of sp³-hybridized carbons (Fsp3) is 0.857. The van der Waals surface area contributed by atoms with Gasteiger partial charge in [0.15, 0.2) is 0 Å². The molecule has 8 heteroatoms. The largest absolute Gasteiger partial charge is 0.342 e. The summed E-state index contributed by atoms with van der Waals surface area (Å²) in [7, 11) is 0. The molecule has 5 saturated heterocycles. The second kappa shape index (κ2) is 8.00. The molecule has 0 spiro atoms. The molecule has 2 bridgehead atoms. The number of piperidine rings is 3. The smallest absolute Gasteiger partial charge is 0.315 e. The van der Waals surface area contributed by atoms with Gasteiger partial charge in [-0.1, -0.05) is 6.42 Å². The highest BCUT2D eigenvalue weighted by atomic mass is 32.2. The summed E-state index contributed by atoms with van der Waals surface area (Å²) in [6, 6.07) is 0.865. The van der Waals surface area contributed by atoms with Crippen molar-refractivity contribution in [2.45, 2.75) is 74.7 Å². The maximum absolute atomic E-state index is 12.8. The molecule has 0 aliphatic carbocycles. The van der Waals surface area contributed by atoms with E-state index in [2.05, 4.69) is 20.4 Å². The van der Waals surface area contributed by atoms with Crippen LogP contribution in [0.5, 0.6) is 0 Å². The molecule has 7 nitrogen and oxygen atoms in total. The van der Waals surface area contributed by atoms with Crippen LogP contribution in [0.25, 0.3) is 0 Å². The highest BCUT2D eigenvalue weighted by molar-refractivity contribution is 8.00. The van der Waals surface area contributed by atoms with Crippen LogP contribution < -0.4 is 10.6 Å². The molecule has 5 fully saturated rings. The minimum atomic E-state index is -0.0330. The quantitative estimate of drug-likeness (QED) is 0.523. The van der Waals surface area contributed by atoms with Crippen molar-refractivity contribution < 1.29 is 14.4 Å². The summed E-state index contributed by atoms with van der Waals surface area (Å²) in [4.78, 5) is 40.8. The van der Waals surface area contributed by atoms with Crippen molar-refractivity contribution in [3.05, 3.63) is 0 Å². The number of fused-ring (bicyclic) bond motifs is 5. The van der Waals surface area contributed by atoms with Crippen LogP contribution in [0.1, 0.15) is 51.4 Å². The molecule has 2 N–H and O–H groups in total. The molecular weight excluding hydrogens is 388 g/mol. The van der Waals surface area contributed by atoms with Gasteiger partial charge >= 0.3 is 6.03 Å². The summed E-state index contributed by atoms with van der Waals surface area (Å²) in [5, 5.41) is 6.50. The Bertz CT molecular complexity index is 689. The van der Waals surface area contributed by atoms with Crippen molar-refractivity contribution in [1.82, 2.24) is 20.4 Å². The number of thioether (sulfide) groups is 1. The zero-order chi connectivity index (χ0) is 20.0. The van der Waals surface area contributed by atoms with Crippen molar-refractivity contribution in [2.75, 3.05) is 25.4 Å². The first kappa shape index (κ1) is 19.5. The van der Waals surface area contributed by atoms with E-state index in [4.69, 9.17) is 0 Å². The third kappa shape index (κ3) is 3.84. The zero-order valence-electron chi connectivity index (χ0n) is 17.0. The molecule has 0 aromatic carbocycles. The summed E-state index contributed by atoms with van der Waals surface area (Å²) in [6.07, 6.45) is 7.65. The van der Waals surface area contributed by atoms with Crippen molar-refractivity contribution >= 4 is 29.6 Å². The maximum atomic E-state index is 12.8. The third-order valence-corrected chi connectivity index (χ3v) is 9.11. The van der Waals surface area contributed by atoms with Gasteiger partial charge in [-0.3, -0.25) is 9.59 Å². The zero-order valence-corrected chi connectivity index (χ0v) is 17.8. The second-order valence-corrected chi connectivity index (χ2v) is 10.8. The molecule has 4 amide bonds. The summed E-state index contributed by atoms with van der Waals surface area (Å²) in [5.41, 5.74) is 0. The minimum Gasteiger partial charge on any atom is -0.342 e. The number of rotatable bonds is 5. The van der Waals surface area contributed by atoms with Gasteiger partial charge in [-0.25, -0.2) is 4.79 Å². The molecule has 160 valence electrons.